The van der Waals surface area contributed by atoms with Gasteiger partial charge in [0.15, 0.2) is 5.76 Å². The molecule has 27 heavy (non-hydrogen) atoms. The summed E-state index contributed by atoms with van der Waals surface area (Å²) in [5.74, 6) is 1.93. The van der Waals surface area contributed by atoms with Crippen molar-refractivity contribution in [3.05, 3.63) is 52.7 Å². The highest BCUT2D eigenvalue weighted by Gasteiger charge is 2.16. The van der Waals surface area contributed by atoms with E-state index in [1.807, 2.05) is 6.07 Å². The minimum absolute atomic E-state index is 0.175. The SMILES string of the molecule is Cc1cc2nc(CCNC(=O)c3ccc(CN4CCCC4)o3)[nH]c2cc1C. The van der Waals surface area contributed by atoms with Crippen LogP contribution >= 0.6 is 0 Å². The van der Waals surface area contributed by atoms with Crippen molar-refractivity contribution in [1.82, 2.24) is 20.2 Å². The molecule has 2 N–H and O–H groups in total. The highest BCUT2D eigenvalue weighted by atomic mass is 16.4. The lowest BCUT2D eigenvalue weighted by Gasteiger charge is -2.11. The predicted molar refractivity (Wildman–Crippen MR) is 105 cm³/mol. The van der Waals surface area contributed by atoms with Crippen LogP contribution in [0.2, 0.25) is 0 Å². The number of rotatable bonds is 6. The van der Waals surface area contributed by atoms with Crippen LogP contribution in [-0.2, 0) is 13.0 Å². The Morgan fingerprint density at radius 1 is 1.22 bits per heavy atom. The van der Waals surface area contributed by atoms with Crippen LogP contribution in [0.4, 0.5) is 0 Å². The van der Waals surface area contributed by atoms with Gasteiger partial charge in [0.1, 0.15) is 11.6 Å². The molecule has 0 radical (unpaired) electrons. The Bertz CT molecular complexity index is 911. The molecule has 0 aliphatic carbocycles. The van der Waals surface area contributed by atoms with Crippen LogP contribution in [-0.4, -0.2) is 40.4 Å². The van der Waals surface area contributed by atoms with E-state index >= 15 is 0 Å². The van der Waals surface area contributed by atoms with Crippen LogP contribution in [0.5, 0.6) is 0 Å². The summed E-state index contributed by atoms with van der Waals surface area (Å²) in [5, 5.41) is 2.92. The van der Waals surface area contributed by atoms with Gasteiger partial charge in [-0.2, -0.15) is 0 Å². The van der Waals surface area contributed by atoms with Gasteiger partial charge >= 0.3 is 0 Å². The summed E-state index contributed by atoms with van der Waals surface area (Å²) in [6, 6.07) is 7.86. The molecule has 3 heterocycles. The number of furan rings is 1. The average Bonchev–Trinajstić information content (AvgIpc) is 3.37. The van der Waals surface area contributed by atoms with Gasteiger partial charge in [-0.05, 0) is 75.2 Å². The zero-order chi connectivity index (χ0) is 18.8. The van der Waals surface area contributed by atoms with Crippen LogP contribution in [0.15, 0.2) is 28.7 Å². The highest BCUT2D eigenvalue weighted by molar-refractivity contribution is 5.91. The fourth-order valence-electron chi connectivity index (χ4n) is 3.57. The monoisotopic (exact) mass is 366 g/mol. The fraction of sp³-hybridized carbons (Fsp3) is 0.429. The first-order valence-corrected chi connectivity index (χ1v) is 9.63. The maximum absolute atomic E-state index is 12.3. The number of nitrogens with one attached hydrogen (secondary N) is 2. The molecule has 1 saturated heterocycles. The van der Waals surface area contributed by atoms with E-state index in [4.69, 9.17) is 4.42 Å². The molecule has 0 bridgehead atoms. The van der Waals surface area contributed by atoms with Gasteiger partial charge in [-0.3, -0.25) is 9.69 Å². The zero-order valence-electron chi connectivity index (χ0n) is 16.0. The number of aryl methyl sites for hydroxylation is 2. The second-order valence-electron chi connectivity index (χ2n) is 7.39. The Morgan fingerprint density at radius 2 is 2.00 bits per heavy atom. The van der Waals surface area contributed by atoms with Crippen molar-refractivity contribution in [3.63, 3.8) is 0 Å². The van der Waals surface area contributed by atoms with E-state index in [0.717, 1.165) is 42.3 Å². The third-order valence-electron chi connectivity index (χ3n) is 5.26. The van der Waals surface area contributed by atoms with E-state index in [-0.39, 0.29) is 5.91 Å². The normalized spacial score (nSPS) is 14.9. The Hall–Kier alpha value is -2.60. The Kier molecular flexibility index (Phi) is 4.99. The van der Waals surface area contributed by atoms with E-state index in [2.05, 4.69) is 46.2 Å². The number of carbonyl (C=O) groups excluding carboxylic acids is 1. The molecular weight excluding hydrogens is 340 g/mol. The van der Waals surface area contributed by atoms with Crippen molar-refractivity contribution in [2.24, 2.45) is 0 Å². The second kappa shape index (κ2) is 7.56. The summed E-state index contributed by atoms with van der Waals surface area (Å²) in [6.07, 6.45) is 3.14. The van der Waals surface area contributed by atoms with Gasteiger partial charge in [0, 0.05) is 13.0 Å². The number of hydrogen-bond donors (Lipinski definition) is 2. The van der Waals surface area contributed by atoms with Crippen LogP contribution in [0.25, 0.3) is 11.0 Å². The molecule has 6 nitrogen and oxygen atoms in total. The van der Waals surface area contributed by atoms with Crippen LogP contribution in [0.3, 0.4) is 0 Å². The Morgan fingerprint density at radius 3 is 2.81 bits per heavy atom. The largest absolute Gasteiger partial charge is 0.455 e. The lowest BCUT2D eigenvalue weighted by molar-refractivity contribution is 0.0923. The maximum atomic E-state index is 12.3. The average molecular weight is 366 g/mol. The lowest BCUT2D eigenvalue weighted by Crippen LogP contribution is -2.25. The first kappa shape index (κ1) is 17.8. The number of nitrogens with zero attached hydrogens (tertiary/aromatic N) is 2. The number of hydrogen-bond acceptors (Lipinski definition) is 4. The summed E-state index contributed by atoms with van der Waals surface area (Å²) < 4.78 is 5.71. The molecule has 4 rings (SSSR count). The zero-order valence-corrected chi connectivity index (χ0v) is 16.0. The van der Waals surface area contributed by atoms with Gasteiger partial charge in [-0.25, -0.2) is 4.98 Å². The molecule has 0 unspecified atom stereocenters. The summed E-state index contributed by atoms with van der Waals surface area (Å²) in [6.45, 7) is 7.70. The number of aromatic amines is 1. The van der Waals surface area contributed by atoms with Gasteiger partial charge in [0.05, 0.1) is 17.6 Å². The second-order valence-corrected chi connectivity index (χ2v) is 7.39. The topological polar surface area (TPSA) is 74.2 Å². The molecule has 1 amide bonds. The molecule has 1 aromatic carbocycles. The van der Waals surface area contributed by atoms with Crippen LogP contribution in [0.1, 0.15) is 46.1 Å². The summed E-state index contributed by atoms with van der Waals surface area (Å²) in [5.41, 5.74) is 4.49. The molecule has 3 aromatic rings. The Balaban J connectivity index is 1.31. The van der Waals surface area contributed by atoms with Gasteiger partial charge in [-0.15, -0.1) is 0 Å². The third kappa shape index (κ3) is 4.06. The molecule has 1 aliphatic heterocycles. The van der Waals surface area contributed by atoms with Gasteiger partial charge < -0.3 is 14.7 Å². The molecule has 2 aromatic heterocycles. The summed E-state index contributed by atoms with van der Waals surface area (Å²) in [4.78, 5) is 22.6. The van der Waals surface area contributed by atoms with Gasteiger partial charge in [0.2, 0.25) is 0 Å². The van der Waals surface area contributed by atoms with Crippen molar-refractivity contribution in [3.8, 4) is 0 Å². The van der Waals surface area contributed by atoms with E-state index < -0.39 is 0 Å². The summed E-state index contributed by atoms with van der Waals surface area (Å²) >= 11 is 0. The molecule has 0 spiro atoms. The number of imidazole rings is 1. The summed E-state index contributed by atoms with van der Waals surface area (Å²) in [7, 11) is 0. The minimum Gasteiger partial charge on any atom is -0.455 e. The fourth-order valence-corrected chi connectivity index (χ4v) is 3.57. The van der Waals surface area contributed by atoms with E-state index in [1.54, 1.807) is 6.07 Å². The highest BCUT2D eigenvalue weighted by Crippen LogP contribution is 2.18. The number of aromatic nitrogens is 2. The molecule has 6 heteroatoms. The third-order valence-corrected chi connectivity index (χ3v) is 5.26. The van der Waals surface area contributed by atoms with Crippen molar-refractivity contribution < 1.29 is 9.21 Å². The first-order chi connectivity index (χ1) is 13.1. The maximum Gasteiger partial charge on any atom is 0.287 e. The van der Waals surface area contributed by atoms with Gasteiger partial charge in [0.25, 0.3) is 5.91 Å². The predicted octanol–water partition coefficient (Wildman–Crippen LogP) is 3.34. The molecular formula is C21H26N4O2. The molecule has 1 fully saturated rings. The Labute approximate surface area is 159 Å². The van der Waals surface area contributed by atoms with E-state index in [0.29, 0.717) is 18.7 Å². The van der Waals surface area contributed by atoms with Crippen LogP contribution < -0.4 is 5.32 Å². The molecule has 142 valence electrons. The van der Waals surface area contributed by atoms with Crippen molar-refractivity contribution >= 4 is 16.9 Å². The number of carbonyl (C=O) groups is 1. The number of likely N-dealkylation sites (tertiary alicyclic amines) is 1. The van der Waals surface area contributed by atoms with Gasteiger partial charge in [-0.1, -0.05) is 0 Å². The minimum atomic E-state index is -0.175. The van der Waals surface area contributed by atoms with Crippen molar-refractivity contribution in [2.75, 3.05) is 19.6 Å². The lowest BCUT2D eigenvalue weighted by atomic mass is 10.1. The smallest absolute Gasteiger partial charge is 0.287 e. The standard InChI is InChI=1S/C21H26N4O2/c1-14-11-17-18(12-15(14)2)24-20(23-17)7-8-22-21(26)19-6-5-16(27-19)13-25-9-3-4-10-25/h5-6,11-12H,3-4,7-10,13H2,1-2H3,(H,22,26)(H,23,24). The number of H-pyrrole nitrogens is 1. The number of amides is 1. The number of benzene rings is 1. The quantitative estimate of drug-likeness (QED) is 0.702. The first-order valence-electron chi connectivity index (χ1n) is 9.63. The van der Waals surface area contributed by atoms with Crippen molar-refractivity contribution in [1.29, 1.82) is 0 Å². The molecule has 1 aliphatic rings. The number of fused-ring (bicyclic) bond motifs is 1. The van der Waals surface area contributed by atoms with E-state index in [1.165, 1.54) is 24.0 Å². The molecule has 0 atom stereocenters. The van der Waals surface area contributed by atoms with Crippen molar-refractivity contribution in [2.45, 2.75) is 39.7 Å². The van der Waals surface area contributed by atoms with Crippen LogP contribution in [0, 0.1) is 13.8 Å². The van der Waals surface area contributed by atoms with E-state index in [9.17, 15) is 4.79 Å². The molecule has 0 saturated carbocycles.